The maximum absolute atomic E-state index is 12.4. The van der Waals surface area contributed by atoms with Gasteiger partial charge in [0.2, 0.25) is 11.8 Å². The molecule has 3 rings (SSSR count). The molecule has 3 N–H and O–H groups in total. The van der Waals surface area contributed by atoms with E-state index in [0.717, 1.165) is 11.1 Å². The summed E-state index contributed by atoms with van der Waals surface area (Å²) in [4.78, 5) is 24.5. The van der Waals surface area contributed by atoms with Gasteiger partial charge in [0.15, 0.2) is 0 Å². The highest BCUT2D eigenvalue weighted by atomic mass is 32.2. The molecule has 0 saturated carbocycles. The Balaban J connectivity index is 1.65. The van der Waals surface area contributed by atoms with Gasteiger partial charge in [-0.25, -0.2) is 0 Å². The normalized spacial score (nSPS) is 29.1. The summed E-state index contributed by atoms with van der Waals surface area (Å²) in [5.41, 5.74) is 3.32. The molecule has 4 unspecified atom stereocenters. The van der Waals surface area contributed by atoms with Crippen LogP contribution in [0.25, 0.3) is 0 Å². The van der Waals surface area contributed by atoms with Crippen molar-refractivity contribution in [1.82, 2.24) is 10.6 Å². The Morgan fingerprint density at radius 2 is 2.13 bits per heavy atom. The van der Waals surface area contributed by atoms with E-state index in [0.29, 0.717) is 6.54 Å². The first kappa shape index (κ1) is 16.1. The number of thioether (sulfide) groups is 1. The number of fused-ring (bicyclic) bond motifs is 1. The van der Waals surface area contributed by atoms with Crippen molar-refractivity contribution in [2.75, 3.05) is 0 Å². The fraction of sp³-hybridized carbons (Fsp3) is 0.412. The maximum atomic E-state index is 12.4. The quantitative estimate of drug-likeness (QED) is 0.722. The molecule has 0 spiro atoms. The molecule has 122 valence electrons. The lowest BCUT2D eigenvalue weighted by atomic mass is 9.89. The van der Waals surface area contributed by atoms with Crippen LogP contribution in [0, 0.1) is 19.8 Å². The van der Waals surface area contributed by atoms with Crippen LogP contribution in [0.1, 0.15) is 16.7 Å². The minimum Gasteiger partial charge on any atom is -0.390 e. The van der Waals surface area contributed by atoms with E-state index in [1.807, 2.05) is 43.5 Å². The first-order chi connectivity index (χ1) is 11.0. The number of hydrogen-bond donors (Lipinski definition) is 3. The van der Waals surface area contributed by atoms with Gasteiger partial charge in [0, 0.05) is 6.54 Å². The van der Waals surface area contributed by atoms with Gasteiger partial charge in [0.1, 0.15) is 5.92 Å². The molecule has 2 aliphatic heterocycles. The summed E-state index contributed by atoms with van der Waals surface area (Å²) in [6.45, 7) is 4.39. The second kappa shape index (κ2) is 6.37. The Bertz CT molecular complexity index is 674. The molecule has 1 saturated heterocycles. The third-order valence-corrected chi connectivity index (χ3v) is 5.67. The molecule has 1 aromatic carbocycles. The van der Waals surface area contributed by atoms with Gasteiger partial charge in [-0.05, 0) is 35.9 Å². The lowest BCUT2D eigenvalue weighted by Crippen LogP contribution is -2.60. The van der Waals surface area contributed by atoms with Crippen LogP contribution >= 0.6 is 11.8 Å². The van der Waals surface area contributed by atoms with Gasteiger partial charge in [0.25, 0.3) is 0 Å². The molecule has 0 aromatic heterocycles. The molecular formula is C17H20N2O3S. The summed E-state index contributed by atoms with van der Waals surface area (Å²) in [6.07, 6.45) is 0.869. The fourth-order valence-electron chi connectivity index (χ4n) is 2.92. The summed E-state index contributed by atoms with van der Waals surface area (Å²) in [6, 6.07) is 5.78. The van der Waals surface area contributed by atoms with E-state index in [-0.39, 0.29) is 11.3 Å². The van der Waals surface area contributed by atoms with Crippen LogP contribution in [-0.2, 0) is 16.1 Å². The second-order valence-corrected chi connectivity index (χ2v) is 7.16. The molecule has 0 aliphatic carbocycles. The highest BCUT2D eigenvalue weighted by Crippen LogP contribution is 2.33. The van der Waals surface area contributed by atoms with E-state index in [1.54, 1.807) is 0 Å². The average Bonchev–Trinajstić information content (AvgIpc) is 2.97. The molecule has 6 heteroatoms. The average molecular weight is 332 g/mol. The van der Waals surface area contributed by atoms with Gasteiger partial charge in [-0.1, -0.05) is 24.3 Å². The molecular weight excluding hydrogens is 312 g/mol. The standard InChI is InChI=1S/C17H20N2O3S/c1-9-3-4-11(7-10(9)2)8-18-16(21)13-14(20)15-12(5-6-23-15)19-17(13)22/h3-7,12-15,20H,8H2,1-2H3,(H,18,21)(H,19,22). The summed E-state index contributed by atoms with van der Waals surface area (Å²) >= 11 is 1.45. The third kappa shape index (κ3) is 3.14. The smallest absolute Gasteiger partial charge is 0.235 e. The zero-order chi connectivity index (χ0) is 16.6. The lowest BCUT2D eigenvalue weighted by Gasteiger charge is -2.35. The number of piperidine rings is 1. The van der Waals surface area contributed by atoms with Crippen LogP contribution in [0.3, 0.4) is 0 Å². The minimum absolute atomic E-state index is 0.189. The number of nitrogens with one attached hydrogen (secondary N) is 2. The largest absolute Gasteiger partial charge is 0.390 e. The molecule has 4 atom stereocenters. The second-order valence-electron chi connectivity index (χ2n) is 6.07. The number of rotatable bonds is 3. The topological polar surface area (TPSA) is 78.4 Å². The lowest BCUT2D eigenvalue weighted by molar-refractivity contribution is -0.142. The molecule has 23 heavy (non-hydrogen) atoms. The summed E-state index contributed by atoms with van der Waals surface area (Å²) in [5.74, 6) is -1.90. The van der Waals surface area contributed by atoms with Crippen molar-refractivity contribution in [3.8, 4) is 0 Å². The predicted octanol–water partition coefficient (Wildman–Crippen LogP) is 1.02. The van der Waals surface area contributed by atoms with Crippen molar-refractivity contribution < 1.29 is 14.7 Å². The first-order valence-corrected chi connectivity index (χ1v) is 8.56. The Morgan fingerprint density at radius 3 is 2.87 bits per heavy atom. The maximum Gasteiger partial charge on any atom is 0.235 e. The van der Waals surface area contributed by atoms with Crippen LogP contribution in [0.4, 0.5) is 0 Å². The van der Waals surface area contributed by atoms with Crippen molar-refractivity contribution in [3.05, 3.63) is 46.4 Å². The van der Waals surface area contributed by atoms with Crippen molar-refractivity contribution in [2.24, 2.45) is 5.92 Å². The van der Waals surface area contributed by atoms with E-state index < -0.39 is 23.8 Å². The molecule has 2 aliphatic rings. The van der Waals surface area contributed by atoms with E-state index in [4.69, 9.17) is 0 Å². The Labute approximate surface area is 139 Å². The van der Waals surface area contributed by atoms with E-state index >= 15 is 0 Å². The zero-order valence-electron chi connectivity index (χ0n) is 13.1. The van der Waals surface area contributed by atoms with E-state index in [2.05, 4.69) is 10.6 Å². The first-order valence-electron chi connectivity index (χ1n) is 7.62. The number of aliphatic hydroxyl groups excluding tert-OH is 1. The molecule has 2 heterocycles. The van der Waals surface area contributed by atoms with Crippen molar-refractivity contribution >= 4 is 23.6 Å². The minimum atomic E-state index is -1.06. The molecule has 2 amide bonds. The monoisotopic (exact) mass is 332 g/mol. The number of hydrogen-bond acceptors (Lipinski definition) is 4. The van der Waals surface area contributed by atoms with Gasteiger partial charge < -0.3 is 15.7 Å². The number of aliphatic hydroxyl groups is 1. The number of amides is 2. The van der Waals surface area contributed by atoms with Crippen LogP contribution in [0.2, 0.25) is 0 Å². The highest BCUT2D eigenvalue weighted by Gasteiger charge is 2.47. The molecule has 1 aromatic rings. The van der Waals surface area contributed by atoms with Crippen LogP contribution in [0.5, 0.6) is 0 Å². The van der Waals surface area contributed by atoms with Gasteiger partial charge in [0.05, 0.1) is 17.4 Å². The zero-order valence-corrected chi connectivity index (χ0v) is 13.9. The molecule has 0 radical (unpaired) electrons. The van der Waals surface area contributed by atoms with E-state index in [1.165, 1.54) is 17.3 Å². The Kier molecular flexibility index (Phi) is 4.46. The highest BCUT2D eigenvalue weighted by molar-refractivity contribution is 8.03. The van der Waals surface area contributed by atoms with Gasteiger partial charge in [-0.15, -0.1) is 11.8 Å². The Morgan fingerprint density at radius 1 is 1.35 bits per heavy atom. The van der Waals surface area contributed by atoms with Gasteiger partial charge in [-0.2, -0.15) is 0 Å². The summed E-state index contributed by atoms with van der Waals surface area (Å²) in [5, 5.41) is 17.6. The van der Waals surface area contributed by atoms with Crippen molar-refractivity contribution in [2.45, 2.75) is 37.8 Å². The van der Waals surface area contributed by atoms with E-state index in [9.17, 15) is 14.7 Å². The fourth-order valence-corrected chi connectivity index (χ4v) is 4.01. The molecule has 5 nitrogen and oxygen atoms in total. The number of aryl methyl sites for hydroxylation is 2. The number of benzene rings is 1. The van der Waals surface area contributed by atoms with Gasteiger partial charge in [-0.3, -0.25) is 9.59 Å². The van der Waals surface area contributed by atoms with Crippen molar-refractivity contribution in [3.63, 3.8) is 0 Å². The van der Waals surface area contributed by atoms with Crippen LogP contribution in [0.15, 0.2) is 29.7 Å². The molecule has 1 fully saturated rings. The number of carbonyl (C=O) groups excluding carboxylic acids is 2. The summed E-state index contributed by atoms with van der Waals surface area (Å²) in [7, 11) is 0. The van der Waals surface area contributed by atoms with Crippen LogP contribution < -0.4 is 10.6 Å². The predicted molar refractivity (Wildman–Crippen MR) is 89.7 cm³/mol. The summed E-state index contributed by atoms with van der Waals surface area (Å²) < 4.78 is 0. The van der Waals surface area contributed by atoms with Gasteiger partial charge >= 0.3 is 0 Å². The third-order valence-electron chi connectivity index (χ3n) is 4.47. The molecule has 0 bridgehead atoms. The van der Waals surface area contributed by atoms with Crippen LogP contribution in [-0.4, -0.2) is 34.3 Å². The Hall–Kier alpha value is -1.79. The van der Waals surface area contributed by atoms with Crippen molar-refractivity contribution in [1.29, 1.82) is 0 Å². The number of carbonyl (C=O) groups is 2. The SMILES string of the molecule is Cc1ccc(CNC(=O)C2C(=O)NC3C=CSC3C2O)cc1C.